The largest absolute Gasteiger partial charge is 0.508 e. The second-order valence-electron chi connectivity index (χ2n) is 9.26. The Balaban J connectivity index is 1.74. The van der Waals surface area contributed by atoms with Crippen LogP contribution in [0, 0.1) is 0 Å². The molecule has 0 atom stereocenters. The van der Waals surface area contributed by atoms with Crippen molar-refractivity contribution in [3.63, 3.8) is 0 Å². The molecule has 0 unspecified atom stereocenters. The van der Waals surface area contributed by atoms with Gasteiger partial charge in [-0.05, 0) is 79.2 Å². The van der Waals surface area contributed by atoms with Crippen LogP contribution in [0.2, 0.25) is 0 Å². The normalized spacial score (nSPS) is 13.6. The summed E-state index contributed by atoms with van der Waals surface area (Å²) in [5.41, 5.74) is 6.72. The first-order valence-corrected chi connectivity index (χ1v) is 11.8. The molecule has 1 aliphatic rings. The van der Waals surface area contributed by atoms with Gasteiger partial charge in [-0.3, -0.25) is 0 Å². The maximum absolute atomic E-state index is 10.2. The minimum absolute atomic E-state index is 0.261. The summed E-state index contributed by atoms with van der Waals surface area (Å²) in [7, 11) is 0. The molecule has 0 heterocycles. The quantitative estimate of drug-likeness (QED) is 0.282. The van der Waals surface area contributed by atoms with E-state index in [-0.39, 0.29) is 11.5 Å². The van der Waals surface area contributed by atoms with Crippen LogP contribution in [0.4, 0.5) is 0 Å². The molecule has 6 aromatic carbocycles. The molecule has 2 N–H and O–H groups in total. The van der Waals surface area contributed by atoms with Gasteiger partial charge in [-0.1, -0.05) is 97.1 Å². The highest BCUT2D eigenvalue weighted by Gasteiger charge is 2.47. The van der Waals surface area contributed by atoms with Gasteiger partial charge in [0.1, 0.15) is 11.5 Å². The molecule has 0 aromatic heterocycles. The summed E-state index contributed by atoms with van der Waals surface area (Å²) < 4.78 is 0. The number of hydrogen-bond acceptors (Lipinski definition) is 2. The van der Waals surface area contributed by atoms with Crippen LogP contribution in [0.5, 0.6) is 11.5 Å². The molecular formula is C33H22O2. The zero-order valence-electron chi connectivity index (χ0n) is 18.9. The van der Waals surface area contributed by atoms with Gasteiger partial charge in [0.25, 0.3) is 0 Å². The summed E-state index contributed by atoms with van der Waals surface area (Å²) in [6.07, 6.45) is 0. The van der Waals surface area contributed by atoms with E-state index in [9.17, 15) is 10.2 Å². The Morgan fingerprint density at radius 1 is 0.400 bits per heavy atom. The monoisotopic (exact) mass is 450 g/mol. The Labute approximate surface area is 203 Å². The number of rotatable bonds is 2. The fraction of sp³-hybridized carbons (Fsp3) is 0.0303. The van der Waals surface area contributed by atoms with E-state index in [1.54, 1.807) is 12.1 Å². The van der Waals surface area contributed by atoms with Crippen LogP contribution in [0.25, 0.3) is 32.7 Å². The summed E-state index contributed by atoms with van der Waals surface area (Å²) in [5, 5.41) is 24.7. The molecule has 2 nitrogen and oxygen atoms in total. The Hall–Kier alpha value is -4.56. The molecule has 6 aromatic rings. The van der Waals surface area contributed by atoms with Crippen molar-refractivity contribution in [1.82, 2.24) is 0 Å². The summed E-state index contributed by atoms with van der Waals surface area (Å²) in [6.45, 7) is 0. The number of aromatic hydroxyl groups is 2. The topological polar surface area (TPSA) is 40.5 Å². The molecule has 2 heteroatoms. The van der Waals surface area contributed by atoms with E-state index in [0.717, 1.165) is 21.5 Å². The van der Waals surface area contributed by atoms with Gasteiger partial charge < -0.3 is 10.2 Å². The lowest BCUT2D eigenvalue weighted by atomic mass is 9.65. The van der Waals surface area contributed by atoms with Crippen molar-refractivity contribution < 1.29 is 10.2 Å². The molecule has 35 heavy (non-hydrogen) atoms. The van der Waals surface area contributed by atoms with Crippen LogP contribution >= 0.6 is 0 Å². The first kappa shape index (κ1) is 19.9. The van der Waals surface area contributed by atoms with Gasteiger partial charge in [0.15, 0.2) is 0 Å². The zero-order valence-corrected chi connectivity index (χ0v) is 18.9. The molecule has 0 saturated carbocycles. The average Bonchev–Trinajstić information content (AvgIpc) is 3.19. The minimum atomic E-state index is -0.569. The van der Waals surface area contributed by atoms with E-state index in [0.29, 0.717) is 0 Å². The highest BCUT2D eigenvalue weighted by molar-refractivity contribution is 5.98. The van der Waals surface area contributed by atoms with Crippen molar-refractivity contribution in [1.29, 1.82) is 0 Å². The maximum Gasteiger partial charge on any atom is 0.116 e. The average molecular weight is 451 g/mol. The van der Waals surface area contributed by atoms with E-state index >= 15 is 0 Å². The highest BCUT2D eigenvalue weighted by atomic mass is 16.3. The minimum Gasteiger partial charge on any atom is -0.508 e. The smallest absolute Gasteiger partial charge is 0.116 e. The van der Waals surface area contributed by atoms with Crippen molar-refractivity contribution in [2.75, 3.05) is 0 Å². The number of benzene rings is 6. The number of phenolic OH excluding ortho intramolecular Hbond substituents is 2. The van der Waals surface area contributed by atoms with Gasteiger partial charge >= 0.3 is 0 Å². The van der Waals surface area contributed by atoms with Gasteiger partial charge in [-0.25, -0.2) is 0 Å². The fourth-order valence-corrected chi connectivity index (χ4v) is 6.16. The van der Waals surface area contributed by atoms with Gasteiger partial charge in [0.05, 0.1) is 5.41 Å². The lowest BCUT2D eigenvalue weighted by Gasteiger charge is -2.35. The van der Waals surface area contributed by atoms with E-state index in [1.807, 2.05) is 24.3 Å². The molecule has 0 amide bonds. The summed E-state index contributed by atoms with van der Waals surface area (Å²) in [6, 6.07) is 41.3. The van der Waals surface area contributed by atoms with Crippen molar-refractivity contribution in [2.24, 2.45) is 0 Å². The van der Waals surface area contributed by atoms with Gasteiger partial charge in [0, 0.05) is 0 Å². The Kier molecular flexibility index (Phi) is 4.10. The molecule has 0 spiro atoms. The SMILES string of the molecule is Oc1ccc2c(C3(c4cccc5cc(O)ccc45)c4ccccc4-c4ccccc43)cccc2c1. The van der Waals surface area contributed by atoms with Crippen LogP contribution in [0.15, 0.2) is 121 Å². The van der Waals surface area contributed by atoms with Crippen LogP contribution in [0.1, 0.15) is 22.3 Å². The summed E-state index contributed by atoms with van der Waals surface area (Å²) >= 11 is 0. The fourth-order valence-electron chi connectivity index (χ4n) is 6.16. The Morgan fingerprint density at radius 3 is 1.31 bits per heavy atom. The van der Waals surface area contributed by atoms with Crippen molar-refractivity contribution >= 4 is 21.5 Å². The maximum atomic E-state index is 10.2. The van der Waals surface area contributed by atoms with E-state index in [2.05, 4.69) is 84.9 Å². The first-order valence-electron chi connectivity index (χ1n) is 11.8. The van der Waals surface area contributed by atoms with E-state index in [1.165, 1.54) is 33.4 Å². The third kappa shape index (κ3) is 2.65. The molecule has 1 aliphatic carbocycles. The molecule has 0 radical (unpaired) electrons. The predicted octanol–water partition coefficient (Wildman–Crippen LogP) is 7.77. The van der Waals surface area contributed by atoms with Crippen LogP contribution in [-0.2, 0) is 5.41 Å². The van der Waals surface area contributed by atoms with Crippen LogP contribution in [-0.4, -0.2) is 10.2 Å². The van der Waals surface area contributed by atoms with Crippen molar-refractivity contribution in [3.8, 4) is 22.6 Å². The lowest BCUT2D eigenvalue weighted by molar-refractivity contribution is 0.475. The number of hydrogen-bond donors (Lipinski definition) is 2. The third-order valence-corrected chi connectivity index (χ3v) is 7.49. The van der Waals surface area contributed by atoms with Gasteiger partial charge in [0.2, 0.25) is 0 Å². The molecule has 0 saturated heterocycles. The second kappa shape index (κ2) is 7.22. The second-order valence-corrected chi connectivity index (χ2v) is 9.26. The Morgan fingerprint density at radius 2 is 0.829 bits per heavy atom. The van der Waals surface area contributed by atoms with Gasteiger partial charge in [-0.2, -0.15) is 0 Å². The predicted molar refractivity (Wildman–Crippen MR) is 142 cm³/mol. The lowest BCUT2D eigenvalue weighted by Crippen LogP contribution is -2.29. The number of fused-ring (bicyclic) bond motifs is 5. The molecule has 0 bridgehead atoms. The van der Waals surface area contributed by atoms with E-state index in [4.69, 9.17) is 0 Å². The molecule has 0 fully saturated rings. The first-order chi connectivity index (χ1) is 17.2. The number of phenols is 2. The van der Waals surface area contributed by atoms with Crippen LogP contribution in [0.3, 0.4) is 0 Å². The zero-order chi connectivity index (χ0) is 23.6. The standard InChI is InChI=1S/C33H22O2/c34-23-15-17-25-21(19-23)7-5-13-29(25)33(30-14-6-8-22-20-24(35)16-18-26(22)30)31-11-3-1-9-27(31)28-10-2-4-12-32(28)33/h1-20,34-35H. The van der Waals surface area contributed by atoms with Crippen molar-refractivity contribution in [3.05, 3.63) is 144 Å². The van der Waals surface area contributed by atoms with Gasteiger partial charge in [-0.15, -0.1) is 0 Å². The third-order valence-electron chi connectivity index (χ3n) is 7.49. The Bertz CT molecular complexity index is 1650. The van der Waals surface area contributed by atoms with Crippen molar-refractivity contribution in [2.45, 2.75) is 5.41 Å². The molecule has 166 valence electrons. The summed E-state index contributed by atoms with van der Waals surface area (Å²) in [4.78, 5) is 0. The van der Waals surface area contributed by atoms with E-state index < -0.39 is 5.41 Å². The highest BCUT2D eigenvalue weighted by Crippen LogP contribution is 2.58. The molecule has 7 rings (SSSR count). The molecular weight excluding hydrogens is 428 g/mol. The van der Waals surface area contributed by atoms with Crippen LogP contribution < -0.4 is 0 Å². The summed E-state index contributed by atoms with van der Waals surface area (Å²) in [5.74, 6) is 0.521. The molecule has 0 aliphatic heterocycles.